The van der Waals surface area contributed by atoms with Gasteiger partial charge in [0.2, 0.25) is 0 Å². The lowest BCUT2D eigenvalue weighted by molar-refractivity contribution is 0.105. The minimum absolute atomic E-state index is 0.0208. The highest BCUT2D eigenvalue weighted by Crippen LogP contribution is 2.21. The summed E-state index contributed by atoms with van der Waals surface area (Å²) in [5, 5.41) is 0. The van der Waals surface area contributed by atoms with E-state index in [9.17, 15) is 4.79 Å². The molecule has 0 aliphatic heterocycles. The molecule has 0 unspecified atom stereocenters. The van der Waals surface area contributed by atoms with Crippen molar-refractivity contribution in [1.29, 1.82) is 0 Å². The van der Waals surface area contributed by atoms with Gasteiger partial charge < -0.3 is 0 Å². The van der Waals surface area contributed by atoms with Gasteiger partial charge in [0.15, 0.2) is 5.78 Å². The van der Waals surface area contributed by atoms with Crippen LogP contribution in [0.4, 0.5) is 0 Å². The molecule has 0 aliphatic carbocycles. The number of ketones is 1. The average molecular weight is 254 g/mol. The molecule has 2 aromatic carbocycles. The quantitative estimate of drug-likeness (QED) is 0.459. The van der Waals surface area contributed by atoms with Gasteiger partial charge in [0.25, 0.3) is 0 Å². The van der Waals surface area contributed by atoms with Crippen LogP contribution in [0.3, 0.4) is 0 Å². The van der Waals surface area contributed by atoms with Crippen LogP contribution in [0, 0.1) is 0 Å². The first-order chi connectivity index (χ1) is 8.72. The molecule has 0 fully saturated rings. The van der Waals surface area contributed by atoms with Gasteiger partial charge in [-0.05, 0) is 24.0 Å². The second kappa shape index (κ2) is 5.69. The number of carbonyl (C=O) groups excluding carboxylic acids is 1. The van der Waals surface area contributed by atoms with Crippen molar-refractivity contribution in [2.45, 2.75) is 4.90 Å². The molecule has 0 saturated carbocycles. The molecule has 2 aromatic rings. The number of hydrogen-bond donors (Lipinski definition) is 0. The Morgan fingerprint density at radius 2 is 1.56 bits per heavy atom. The predicted octanol–water partition coefficient (Wildman–Crippen LogP) is 4.30. The first-order valence-corrected chi connectivity index (χ1v) is 6.88. The fourth-order valence-electron chi connectivity index (χ4n) is 1.69. The molecule has 18 heavy (non-hydrogen) atoms. The van der Waals surface area contributed by atoms with E-state index in [0.29, 0.717) is 11.1 Å². The minimum atomic E-state index is -0.0208. The van der Waals surface area contributed by atoms with E-state index in [-0.39, 0.29) is 5.78 Å². The number of hydrogen-bond acceptors (Lipinski definition) is 2. The fraction of sp³-hybridized carbons (Fsp3) is 0.0625. The highest BCUT2D eigenvalue weighted by Gasteiger charge is 2.11. The second-order valence-corrected chi connectivity index (χ2v) is 4.78. The van der Waals surface area contributed by atoms with Crippen molar-refractivity contribution >= 4 is 23.1 Å². The number of Topliss-reactive ketones (excluding diaryl/α,β-unsaturated/α-hetero) is 1. The molecule has 0 saturated heterocycles. The molecule has 0 radical (unpaired) electrons. The van der Waals surface area contributed by atoms with Crippen LogP contribution in [0.1, 0.15) is 15.9 Å². The summed E-state index contributed by atoms with van der Waals surface area (Å²) in [4.78, 5) is 13.4. The molecule has 0 spiro atoms. The van der Waals surface area contributed by atoms with Crippen LogP contribution >= 0.6 is 11.8 Å². The van der Waals surface area contributed by atoms with Crippen molar-refractivity contribution < 1.29 is 4.79 Å². The van der Waals surface area contributed by atoms with Gasteiger partial charge >= 0.3 is 0 Å². The van der Waals surface area contributed by atoms with Crippen molar-refractivity contribution in [3.8, 4) is 0 Å². The van der Waals surface area contributed by atoms with Crippen molar-refractivity contribution in [1.82, 2.24) is 0 Å². The zero-order valence-corrected chi connectivity index (χ0v) is 11.0. The number of allylic oxidation sites excluding steroid dienone is 1. The van der Waals surface area contributed by atoms with Crippen LogP contribution in [0.2, 0.25) is 0 Å². The summed E-state index contributed by atoms with van der Waals surface area (Å²) in [7, 11) is 0. The van der Waals surface area contributed by atoms with E-state index in [1.54, 1.807) is 11.8 Å². The predicted molar refractivity (Wildman–Crippen MR) is 78.0 cm³/mol. The monoisotopic (exact) mass is 254 g/mol. The van der Waals surface area contributed by atoms with Crippen molar-refractivity contribution in [3.63, 3.8) is 0 Å². The van der Waals surface area contributed by atoms with Crippen molar-refractivity contribution in [2.75, 3.05) is 6.26 Å². The standard InChI is InChI=1S/C16H14OS/c1-12(13-8-10-15(18-2)11-9-13)16(17)14-6-4-3-5-7-14/h3-11H,1H2,2H3. The van der Waals surface area contributed by atoms with Crippen molar-refractivity contribution in [3.05, 3.63) is 72.3 Å². The third-order valence-electron chi connectivity index (χ3n) is 2.75. The summed E-state index contributed by atoms with van der Waals surface area (Å²) >= 11 is 1.68. The number of carbonyl (C=O) groups is 1. The highest BCUT2D eigenvalue weighted by molar-refractivity contribution is 7.98. The van der Waals surface area contributed by atoms with Gasteiger partial charge in [0.1, 0.15) is 0 Å². The van der Waals surface area contributed by atoms with Gasteiger partial charge in [-0.3, -0.25) is 4.79 Å². The molecule has 0 aliphatic rings. The number of benzene rings is 2. The summed E-state index contributed by atoms with van der Waals surface area (Å²) in [6.07, 6.45) is 2.03. The maximum atomic E-state index is 12.2. The van der Waals surface area contributed by atoms with Crippen LogP contribution < -0.4 is 0 Å². The zero-order chi connectivity index (χ0) is 13.0. The molecule has 2 heteroatoms. The van der Waals surface area contributed by atoms with Gasteiger partial charge in [0, 0.05) is 16.0 Å². The highest BCUT2D eigenvalue weighted by atomic mass is 32.2. The number of rotatable bonds is 4. The summed E-state index contributed by atoms with van der Waals surface area (Å²) in [6.45, 7) is 3.90. The summed E-state index contributed by atoms with van der Waals surface area (Å²) in [5.74, 6) is -0.0208. The topological polar surface area (TPSA) is 17.1 Å². The Morgan fingerprint density at radius 3 is 2.11 bits per heavy atom. The van der Waals surface area contributed by atoms with E-state index in [4.69, 9.17) is 0 Å². The third kappa shape index (κ3) is 2.71. The van der Waals surface area contributed by atoms with E-state index in [1.807, 2.05) is 60.9 Å². The van der Waals surface area contributed by atoms with E-state index in [2.05, 4.69) is 6.58 Å². The Labute approximate surface area is 112 Å². The maximum absolute atomic E-state index is 12.2. The first-order valence-electron chi connectivity index (χ1n) is 5.65. The Bertz CT molecular complexity index is 555. The number of thioether (sulfide) groups is 1. The lowest BCUT2D eigenvalue weighted by Gasteiger charge is -2.06. The summed E-state index contributed by atoms with van der Waals surface area (Å²) in [5.41, 5.74) is 2.09. The van der Waals surface area contributed by atoms with Gasteiger partial charge in [-0.15, -0.1) is 11.8 Å². The van der Waals surface area contributed by atoms with Crippen LogP contribution in [-0.2, 0) is 0 Å². The minimum Gasteiger partial charge on any atom is -0.289 e. The molecule has 0 N–H and O–H groups in total. The van der Waals surface area contributed by atoms with Crippen molar-refractivity contribution in [2.24, 2.45) is 0 Å². The molecule has 0 atom stereocenters. The summed E-state index contributed by atoms with van der Waals surface area (Å²) in [6, 6.07) is 17.1. The first kappa shape index (κ1) is 12.7. The van der Waals surface area contributed by atoms with Crippen LogP contribution in [0.15, 0.2) is 66.1 Å². The van der Waals surface area contributed by atoms with E-state index < -0.39 is 0 Å². The van der Waals surface area contributed by atoms with Crippen LogP contribution in [-0.4, -0.2) is 12.0 Å². The molecule has 90 valence electrons. The van der Waals surface area contributed by atoms with Crippen LogP contribution in [0.5, 0.6) is 0 Å². The molecule has 0 amide bonds. The van der Waals surface area contributed by atoms with E-state index >= 15 is 0 Å². The molecule has 0 aromatic heterocycles. The summed E-state index contributed by atoms with van der Waals surface area (Å²) < 4.78 is 0. The maximum Gasteiger partial charge on any atom is 0.193 e. The Balaban J connectivity index is 2.23. The van der Waals surface area contributed by atoms with E-state index in [1.165, 1.54) is 4.90 Å². The SMILES string of the molecule is C=C(C(=O)c1ccccc1)c1ccc(SC)cc1. The lowest BCUT2D eigenvalue weighted by atomic mass is 9.98. The Morgan fingerprint density at radius 1 is 0.944 bits per heavy atom. The average Bonchev–Trinajstić information content (AvgIpc) is 2.47. The smallest absolute Gasteiger partial charge is 0.193 e. The van der Waals surface area contributed by atoms with Gasteiger partial charge in [0.05, 0.1) is 0 Å². The normalized spacial score (nSPS) is 10.1. The molecule has 0 heterocycles. The zero-order valence-electron chi connectivity index (χ0n) is 10.2. The second-order valence-electron chi connectivity index (χ2n) is 3.90. The Kier molecular flexibility index (Phi) is 4.00. The van der Waals surface area contributed by atoms with Gasteiger partial charge in [-0.1, -0.05) is 49.0 Å². The molecule has 0 bridgehead atoms. The lowest BCUT2D eigenvalue weighted by Crippen LogP contribution is -2.01. The fourth-order valence-corrected chi connectivity index (χ4v) is 2.10. The largest absolute Gasteiger partial charge is 0.289 e. The molecular weight excluding hydrogens is 240 g/mol. The van der Waals surface area contributed by atoms with Crippen LogP contribution in [0.25, 0.3) is 5.57 Å². The molecule has 1 nitrogen and oxygen atoms in total. The Hall–Kier alpha value is -1.80. The molecular formula is C16H14OS. The van der Waals surface area contributed by atoms with E-state index in [0.717, 1.165) is 5.56 Å². The van der Waals surface area contributed by atoms with Gasteiger partial charge in [-0.25, -0.2) is 0 Å². The van der Waals surface area contributed by atoms with Gasteiger partial charge in [-0.2, -0.15) is 0 Å². The molecule has 2 rings (SSSR count). The third-order valence-corrected chi connectivity index (χ3v) is 3.49.